The normalized spacial score (nSPS) is 33.7. The molecule has 1 aliphatic carbocycles. The summed E-state index contributed by atoms with van der Waals surface area (Å²) in [5.74, 6) is 8.02. The fourth-order valence-electron chi connectivity index (χ4n) is 2.71. The molecule has 2 fully saturated rings. The Morgan fingerprint density at radius 1 is 1.38 bits per heavy atom. The highest BCUT2D eigenvalue weighted by Crippen LogP contribution is 2.37. The molecule has 4 heteroatoms. The lowest BCUT2D eigenvalue weighted by atomic mass is 10.0. The minimum absolute atomic E-state index is 0.842. The quantitative estimate of drug-likeness (QED) is 0.243. The first-order valence-corrected chi connectivity index (χ1v) is 5.03. The summed E-state index contributed by atoms with van der Waals surface area (Å²) in [6.07, 6.45) is 4.20. The zero-order valence-corrected chi connectivity index (χ0v) is 8.16. The predicted molar refractivity (Wildman–Crippen MR) is 53.1 cm³/mol. The van der Waals surface area contributed by atoms with Gasteiger partial charge in [-0.25, -0.2) is 5.84 Å². The summed E-state index contributed by atoms with van der Waals surface area (Å²) in [5, 5.41) is 0. The molecule has 1 aliphatic heterocycles. The molecule has 3 N–H and O–H groups in total. The summed E-state index contributed by atoms with van der Waals surface area (Å²) in [7, 11) is 1.78. The lowest BCUT2D eigenvalue weighted by molar-refractivity contribution is 0.447. The lowest BCUT2D eigenvalue weighted by Gasteiger charge is -2.20. The summed E-state index contributed by atoms with van der Waals surface area (Å²) >= 11 is 0. The van der Waals surface area contributed by atoms with Gasteiger partial charge in [-0.1, -0.05) is 6.42 Å². The van der Waals surface area contributed by atoms with Crippen molar-refractivity contribution in [2.45, 2.75) is 19.3 Å². The van der Waals surface area contributed by atoms with Crippen molar-refractivity contribution in [1.82, 2.24) is 10.3 Å². The molecule has 0 aromatic rings. The Kier molecular flexibility index (Phi) is 2.40. The van der Waals surface area contributed by atoms with Crippen LogP contribution in [0.5, 0.6) is 0 Å². The largest absolute Gasteiger partial charge is 0.341 e. The van der Waals surface area contributed by atoms with Crippen LogP contribution in [0, 0.1) is 11.8 Å². The molecule has 74 valence electrons. The Morgan fingerprint density at radius 3 is 2.46 bits per heavy atom. The standard InChI is InChI=1S/C9H18N4/c1-11-9(12-10)13-5-7-3-2-4-8(7)6-13/h7-8H,2-6,10H2,1H3,(H,11,12). The van der Waals surface area contributed by atoms with Crippen molar-refractivity contribution >= 4 is 5.96 Å². The Bertz CT molecular complexity index is 202. The van der Waals surface area contributed by atoms with E-state index in [-0.39, 0.29) is 0 Å². The molecule has 0 amide bonds. The van der Waals surface area contributed by atoms with Crippen LogP contribution in [0.4, 0.5) is 0 Å². The summed E-state index contributed by atoms with van der Waals surface area (Å²) in [5.41, 5.74) is 2.66. The van der Waals surface area contributed by atoms with E-state index in [0.717, 1.165) is 30.9 Å². The van der Waals surface area contributed by atoms with Crippen molar-refractivity contribution in [3.05, 3.63) is 0 Å². The second-order valence-electron chi connectivity index (χ2n) is 4.05. The van der Waals surface area contributed by atoms with Crippen LogP contribution in [-0.4, -0.2) is 31.0 Å². The van der Waals surface area contributed by atoms with Gasteiger partial charge in [0, 0.05) is 20.1 Å². The van der Waals surface area contributed by atoms with E-state index < -0.39 is 0 Å². The van der Waals surface area contributed by atoms with Gasteiger partial charge in [0.15, 0.2) is 0 Å². The monoisotopic (exact) mass is 182 g/mol. The topological polar surface area (TPSA) is 53.6 Å². The molecule has 4 nitrogen and oxygen atoms in total. The maximum Gasteiger partial charge on any atom is 0.208 e. The summed E-state index contributed by atoms with van der Waals surface area (Å²) in [6, 6.07) is 0. The van der Waals surface area contributed by atoms with Crippen LogP contribution in [0.15, 0.2) is 4.99 Å². The number of guanidine groups is 1. The number of nitrogens with zero attached hydrogens (tertiary/aromatic N) is 2. The van der Waals surface area contributed by atoms with E-state index in [1.807, 2.05) is 0 Å². The molecule has 0 aromatic carbocycles. The number of hydrogen-bond acceptors (Lipinski definition) is 2. The van der Waals surface area contributed by atoms with Crippen molar-refractivity contribution in [1.29, 1.82) is 0 Å². The van der Waals surface area contributed by atoms with Crippen molar-refractivity contribution in [2.24, 2.45) is 22.7 Å². The van der Waals surface area contributed by atoms with Crippen LogP contribution in [-0.2, 0) is 0 Å². The second-order valence-corrected chi connectivity index (χ2v) is 4.05. The number of nitrogens with two attached hydrogens (primary N) is 1. The fourth-order valence-corrected chi connectivity index (χ4v) is 2.71. The van der Waals surface area contributed by atoms with Crippen LogP contribution < -0.4 is 11.3 Å². The highest BCUT2D eigenvalue weighted by molar-refractivity contribution is 5.79. The van der Waals surface area contributed by atoms with Crippen molar-refractivity contribution in [3.8, 4) is 0 Å². The van der Waals surface area contributed by atoms with Gasteiger partial charge < -0.3 is 4.90 Å². The molecule has 0 spiro atoms. The van der Waals surface area contributed by atoms with E-state index in [2.05, 4.69) is 15.3 Å². The third kappa shape index (κ3) is 1.50. The van der Waals surface area contributed by atoms with Crippen molar-refractivity contribution in [3.63, 3.8) is 0 Å². The Balaban J connectivity index is 1.98. The smallest absolute Gasteiger partial charge is 0.208 e. The van der Waals surface area contributed by atoms with E-state index in [1.54, 1.807) is 7.05 Å². The van der Waals surface area contributed by atoms with Gasteiger partial charge in [0.05, 0.1) is 0 Å². The summed E-state index contributed by atoms with van der Waals surface area (Å²) in [6.45, 7) is 2.28. The third-order valence-corrected chi connectivity index (χ3v) is 3.37. The number of aliphatic imine (C=N–C) groups is 1. The van der Waals surface area contributed by atoms with E-state index in [0.29, 0.717) is 0 Å². The van der Waals surface area contributed by atoms with Crippen LogP contribution in [0.25, 0.3) is 0 Å². The molecule has 2 rings (SSSR count). The molecule has 1 saturated heterocycles. The van der Waals surface area contributed by atoms with Crippen LogP contribution >= 0.6 is 0 Å². The SMILES string of the molecule is CN=C(NN)N1CC2CCCC2C1. The van der Waals surface area contributed by atoms with Crippen LogP contribution in [0.1, 0.15) is 19.3 Å². The Hall–Kier alpha value is -0.770. The molecule has 0 radical (unpaired) electrons. The van der Waals surface area contributed by atoms with Gasteiger partial charge in [-0.3, -0.25) is 10.4 Å². The third-order valence-electron chi connectivity index (χ3n) is 3.37. The maximum atomic E-state index is 5.39. The number of hydrazine groups is 1. The minimum Gasteiger partial charge on any atom is -0.341 e. The van der Waals surface area contributed by atoms with Gasteiger partial charge in [0.1, 0.15) is 0 Å². The molecule has 0 aromatic heterocycles. The molecule has 13 heavy (non-hydrogen) atoms. The Labute approximate surface area is 79.2 Å². The first-order chi connectivity index (χ1) is 6.35. The number of likely N-dealkylation sites (tertiary alicyclic amines) is 1. The highest BCUT2D eigenvalue weighted by atomic mass is 15.4. The van der Waals surface area contributed by atoms with Gasteiger partial charge in [-0.15, -0.1) is 0 Å². The molecule has 2 atom stereocenters. The zero-order valence-electron chi connectivity index (χ0n) is 8.16. The molecule has 2 unspecified atom stereocenters. The molecular weight excluding hydrogens is 164 g/mol. The molecule has 2 aliphatic rings. The summed E-state index contributed by atoms with van der Waals surface area (Å²) < 4.78 is 0. The van der Waals surface area contributed by atoms with Crippen molar-refractivity contribution < 1.29 is 0 Å². The molecule has 1 saturated carbocycles. The van der Waals surface area contributed by atoms with Gasteiger partial charge in [0.25, 0.3) is 0 Å². The van der Waals surface area contributed by atoms with Crippen molar-refractivity contribution in [2.75, 3.05) is 20.1 Å². The average molecular weight is 182 g/mol. The Morgan fingerprint density at radius 2 is 2.00 bits per heavy atom. The molecule has 0 bridgehead atoms. The second kappa shape index (κ2) is 3.54. The van der Waals surface area contributed by atoms with E-state index >= 15 is 0 Å². The van der Waals surface area contributed by atoms with E-state index in [9.17, 15) is 0 Å². The minimum atomic E-state index is 0.842. The van der Waals surface area contributed by atoms with Crippen LogP contribution in [0.3, 0.4) is 0 Å². The van der Waals surface area contributed by atoms with Crippen LogP contribution in [0.2, 0.25) is 0 Å². The first-order valence-electron chi connectivity index (χ1n) is 5.03. The van der Waals surface area contributed by atoms with E-state index in [4.69, 9.17) is 5.84 Å². The predicted octanol–water partition coefficient (Wildman–Crippen LogP) is 0.167. The number of fused-ring (bicyclic) bond motifs is 1. The van der Waals surface area contributed by atoms with Gasteiger partial charge in [-0.2, -0.15) is 0 Å². The number of nitrogens with one attached hydrogen (secondary N) is 1. The van der Waals surface area contributed by atoms with E-state index in [1.165, 1.54) is 19.3 Å². The molecule has 1 heterocycles. The lowest BCUT2D eigenvalue weighted by Crippen LogP contribution is -2.43. The fraction of sp³-hybridized carbons (Fsp3) is 0.889. The first kappa shape index (κ1) is 8.81. The van der Waals surface area contributed by atoms with Gasteiger partial charge >= 0.3 is 0 Å². The number of rotatable bonds is 0. The van der Waals surface area contributed by atoms with Gasteiger partial charge in [0.2, 0.25) is 5.96 Å². The summed E-state index contributed by atoms with van der Waals surface area (Å²) in [4.78, 5) is 6.39. The average Bonchev–Trinajstić information content (AvgIpc) is 2.65. The number of hydrogen-bond donors (Lipinski definition) is 2. The zero-order chi connectivity index (χ0) is 9.26. The highest BCUT2D eigenvalue weighted by Gasteiger charge is 2.36. The van der Waals surface area contributed by atoms with Gasteiger partial charge in [-0.05, 0) is 24.7 Å². The maximum absolute atomic E-state index is 5.39. The molecular formula is C9H18N4.